The molecule has 0 bridgehead atoms. The lowest BCUT2D eigenvalue weighted by Gasteiger charge is -2.24. The Balaban J connectivity index is 2.25. The molecule has 1 heterocycles. The number of hydrogen-bond donors (Lipinski definition) is 1. The average molecular weight is 206 g/mol. The molecule has 2 rings (SSSR count). The van der Waals surface area contributed by atoms with Crippen molar-refractivity contribution in [2.75, 3.05) is 19.8 Å². The zero-order valence-corrected chi connectivity index (χ0v) is 8.16. The molecular formula is C11H11FN2O. The molecule has 15 heavy (non-hydrogen) atoms. The predicted molar refractivity (Wildman–Crippen MR) is 52.7 cm³/mol. The number of hydrogen-bond acceptors (Lipinski definition) is 3. The largest absolute Gasteiger partial charge is 0.378 e. The van der Waals surface area contributed by atoms with E-state index < -0.39 is 5.82 Å². The summed E-state index contributed by atoms with van der Waals surface area (Å²) in [4.78, 5) is 0. The number of morpholine rings is 1. The van der Waals surface area contributed by atoms with E-state index in [0.717, 1.165) is 12.1 Å². The highest BCUT2D eigenvalue weighted by Crippen LogP contribution is 2.18. The van der Waals surface area contributed by atoms with Crippen LogP contribution in [0.5, 0.6) is 0 Å². The van der Waals surface area contributed by atoms with Crippen molar-refractivity contribution in [2.45, 2.75) is 6.04 Å². The highest BCUT2D eigenvalue weighted by Gasteiger charge is 2.16. The zero-order chi connectivity index (χ0) is 10.7. The molecule has 0 spiro atoms. The van der Waals surface area contributed by atoms with E-state index >= 15 is 0 Å². The molecule has 0 saturated carbocycles. The lowest BCUT2D eigenvalue weighted by molar-refractivity contribution is 0.0768. The van der Waals surface area contributed by atoms with Gasteiger partial charge in [-0.05, 0) is 17.7 Å². The van der Waals surface area contributed by atoms with Gasteiger partial charge in [0.05, 0.1) is 24.8 Å². The summed E-state index contributed by atoms with van der Waals surface area (Å²) < 4.78 is 18.4. The average Bonchev–Trinajstić information content (AvgIpc) is 2.31. The molecule has 1 fully saturated rings. The second kappa shape index (κ2) is 4.39. The van der Waals surface area contributed by atoms with Crippen LogP contribution in [0.3, 0.4) is 0 Å². The van der Waals surface area contributed by atoms with Gasteiger partial charge >= 0.3 is 0 Å². The fourth-order valence-electron chi connectivity index (χ4n) is 1.62. The Bertz CT molecular complexity index is 394. The summed E-state index contributed by atoms with van der Waals surface area (Å²) >= 11 is 0. The molecule has 0 amide bonds. The highest BCUT2D eigenvalue weighted by molar-refractivity contribution is 5.35. The van der Waals surface area contributed by atoms with Crippen LogP contribution in [0.2, 0.25) is 0 Å². The minimum Gasteiger partial charge on any atom is -0.378 e. The summed E-state index contributed by atoms with van der Waals surface area (Å²) in [5.74, 6) is -0.474. The summed E-state index contributed by atoms with van der Waals surface area (Å²) in [7, 11) is 0. The SMILES string of the molecule is N#Cc1cc([C@H]2COCCN2)ccc1F. The van der Waals surface area contributed by atoms with Crippen LogP contribution in [-0.2, 0) is 4.74 Å². The fourth-order valence-corrected chi connectivity index (χ4v) is 1.62. The summed E-state index contributed by atoms with van der Waals surface area (Å²) in [6.45, 7) is 2.04. The normalized spacial score (nSPS) is 20.9. The van der Waals surface area contributed by atoms with Gasteiger partial charge in [-0.1, -0.05) is 6.07 Å². The van der Waals surface area contributed by atoms with Crippen LogP contribution in [0, 0.1) is 17.1 Å². The Labute approximate surface area is 87.5 Å². The molecular weight excluding hydrogens is 195 g/mol. The second-order valence-corrected chi connectivity index (χ2v) is 3.43. The Kier molecular flexibility index (Phi) is 2.95. The molecule has 0 aromatic heterocycles. The van der Waals surface area contributed by atoms with Crippen molar-refractivity contribution in [1.29, 1.82) is 5.26 Å². The van der Waals surface area contributed by atoms with Crippen molar-refractivity contribution in [3.05, 3.63) is 35.1 Å². The van der Waals surface area contributed by atoms with Crippen LogP contribution in [0.4, 0.5) is 4.39 Å². The van der Waals surface area contributed by atoms with E-state index in [1.165, 1.54) is 6.07 Å². The number of nitriles is 1. The van der Waals surface area contributed by atoms with E-state index in [0.29, 0.717) is 13.2 Å². The van der Waals surface area contributed by atoms with Gasteiger partial charge < -0.3 is 10.1 Å². The number of nitrogens with zero attached hydrogens (tertiary/aromatic N) is 1. The first-order valence-electron chi connectivity index (χ1n) is 4.82. The number of rotatable bonds is 1. The van der Waals surface area contributed by atoms with Crippen LogP contribution in [0.1, 0.15) is 17.2 Å². The minimum absolute atomic E-state index is 0.0615. The van der Waals surface area contributed by atoms with Crippen molar-refractivity contribution >= 4 is 0 Å². The van der Waals surface area contributed by atoms with Crippen LogP contribution >= 0.6 is 0 Å². The zero-order valence-electron chi connectivity index (χ0n) is 8.16. The first kappa shape index (κ1) is 10.1. The maximum atomic E-state index is 13.1. The molecule has 1 N–H and O–H groups in total. The van der Waals surface area contributed by atoms with Crippen LogP contribution in [0.25, 0.3) is 0 Å². The van der Waals surface area contributed by atoms with Gasteiger partial charge in [0.25, 0.3) is 0 Å². The third kappa shape index (κ3) is 2.14. The quantitative estimate of drug-likeness (QED) is 0.754. The first-order valence-corrected chi connectivity index (χ1v) is 4.82. The fraction of sp³-hybridized carbons (Fsp3) is 0.364. The third-order valence-electron chi connectivity index (χ3n) is 2.43. The van der Waals surface area contributed by atoms with E-state index in [2.05, 4.69) is 5.32 Å². The molecule has 1 saturated heterocycles. The van der Waals surface area contributed by atoms with Gasteiger partial charge in [-0.15, -0.1) is 0 Å². The molecule has 0 radical (unpaired) electrons. The second-order valence-electron chi connectivity index (χ2n) is 3.43. The Hall–Kier alpha value is -1.44. The number of nitrogens with one attached hydrogen (secondary N) is 1. The van der Waals surface area contributed by atoms with Gasteiger partial charge in [-0.3, -0.25) is 0 Å². The summed E-state index contributed by atoms with van der Waals surface area (Å²) in [6, 6.07) is 6.47. The van der Waals surface area contributed by atoms with E-state index in [-0.39, 0.29) is 11.6 Å². The van der Waals surface area contributed by atoms with Crippen LogP contribution in [-0.4, -0.2) is 19.8 Å². The van der Waals surface area contributed by atoms with Gasteiger partial charge in [0.1, 0.15) is 11.9 Å². The molecule has 1 aliphatic heterocycles. The predicted octanol–water partition coefficient (Wildman–Crippen LogP) is 1.36. The van der Waals surface area contributed by atoms with E-state index in [1.807, 2.05) is 6.07 Å². The Morgan fingerprint density at radius 1 is 1.53 bits per heavy atom. The topological polar surface area (TPSA) is 45.0 Å². The molecule has 78 valence electrons. The van der Waals surface area contributed by atoms with E-state index in [1.54, 1.807) is 12.1 Å². The van der Waals surface area contributed by atoms with Crippen molar-refractivity contribution in [3.63, 3.8) is 0 Å². The van der Waals surface area contributed by atoms with Gasteiger partial charge in [0.15, 0.2) is 0 Å². The smallest absolute Gasteiger partial charge is 0.140 e. The molecule has 1 aromatic carbocycles. The van der Waals surface area contributed by atoms with Gasteiger partial charge in [0.2, 0.25) is 0 Å². The molecule has 0 unspecified atom stereocenters. The molecule has 1 aromatic rings. The van der Waals surface area contributed by atoms with E-state index in [9.17, 15) is 4.39 Å². The minimum atomic E-state index is -0.474. The maximum absolute atomic E-state index is 13.1. The van der Waals surface area contributed by atoms with Crippen molar-refractivity contribution in [1.82, 2.24) is 5.32 Å². The number of halogens is 1. The highest BCUT2D eigenvalue weighted by atomic mass is 19.1. The van der Waals surface area contributed by atoms with Crippen molar-refractivity contribution in [2.24, 2.45) is 0 Å². The van der Waals surface area contributed by atoms with E-state index in [4.69, 9.17) is 10.00 Å². The van der Waals surface area contributed by atoms with Crippen molar-refractivity contribution in [3.8, 4) is 6.07 Å². The third-order valence-corrected chi connectivity index (χ3v) is 2.43. The summed E-state index contributed by atoms with van der Waals surface area (Å²) in [5, 5.41) is 11.9. The lowest BCUT2D eigenvalue weighted by Crippen LogP contribution is -2.34. The lowest BCUT2D eigenvalue weighted by atomic mass is 10.0. The molecule has 0 aliphatic carbocycles. The van der Waals surface area contributed by atoms with Crippen molar-refractivity contribution < 1.29 is 9.13 Å². The molecule has 3 nitrogen and oxygen atoms in total. The first-order chi connectivity index (χ1) is 7.31. The van der Waals surface area contributed by atoms with Gasteiger partial charge in [-0.25, -0.2) is 4.39 Å². The molecule has 4 heteroatoms. The van der Waals surface area contributed by atoms with Crippen LogP contribution < -0.4 is 5.32 Å². The maximum Gasteiger partial charge on any atom is 0.140 e. The summed E-state index contributed by atoms with van der Waals surface area (Å²) in [5.41, 5.74) is 0.979. The molecule has 1 aliphatic rings. The standard InChI is InChI=1S/C11H11FN2O/c12-10-2-1-8(5-9(10)6-13)11-7-15-4-3-14-11/h1-2,5,11,14H,3-4,7H2/t11-/m1/s1. The monoisotopic (exact) mass is 206 g/mol. The van der Waals surface area contributed by atoms with Crippen LogP contribution in [0.15, 0.2) is 18.2 Å². The summed E-state index contributed by atoms with van der Waals surface area (Å²) in [6.07, 6.45) is 0. The van der Waals surface area contributed by atoms with Gasteiger partial charge in [0, 0.05) is 6.54 Å². The number of benzene rings is 1. The number of ether oxygens (including phenoxy) is 1. The van der Waals surface area contributed by atoms with Gasteiger partial charge in [-0.2, -0.15) is 5.26 Å². The molecule has 1 atom stereocenters. The Morgan fingerprint density at radius 3 is 3.07 bits per heavy atom. The Morgan fingerprint density at radius 2 is 2.40 bits per heavy atom.